The first-order chi connectivity index (χ1) is 20.0. The van der Waals surface area contributed by atoms with Crippen LogP contribution in [0.2, 0.25) is 0 Å². The molecule has 0 fully saturated rings. The zero-order valence-corrected chi connectivity index (χ0v) is 24.4. The quantitative estimate of drug-likeness (QED) is 0.178. The summed E-state index contributed by atoms with van der Waals surface area (Å²) in [4.78, 5) is 28.6. The second-order valence-electron chi connectivity index (χ2n) is 10.1. The highest BCUT2D eigenvalue weighted by Crippen LogP contribution is 2.29. The van der Waals surface area contributed by atoms with Crippen LogP contribution in [0.4, 0.5) is 5.69 Å². The lowest BCUT2D eigenvalue weighted by atomic mass is 10.1. The molecule has 4 aromatic carbocycles. The molecule has 1 aromatic heterocycles. The van der Waals surface area contributed by atoms with Crippen molar-refractivity contribution >= 4 is 43.1 Å². The van der Waals surface area contributed by atoms with Gasteiger partial charge in [-0.25, -0.2) is 0 Å². The first-order valence-electron chi connectivity index (χ1n) is 13.7. The molecule has 0 aliphatic heterocycles. The molecule has 5 aromatic rings. The van der Waals surface area contributed by atoms with E-state index < -0.39 is 0 Å². The average molecular weight is 567 g/mol. The van der Waals surface area contributed by atoms with Crippen LogP contribution in [0.1, 0.15) is 27.9 Å². The number of aryl methyl sites for hydroxylation is 1. The number of ether oxygens (including phenoxy) is 2. The lowest BCUT2D eigenvalue weighted by Gasteiger charge is -2.17. The molecule has 41 heavy (non-hydrogen) atoms. The maximum absolute atomic E-state index is 13.2. The Bertz CT molecular complexity index is 1730. The van der Waals surface area contributed by atoms with Crippen LogP contribution in [0, 0.1) is 0 Å². The molecule has 1 heterocycles. The molecule has 0 unspecified atom stereocenters. The fourth-order valence-electron chi connectivity index (χ4n) is 4.98. The van der Waals surface area contributed by atoms with Gasteiger partial charge in [-0.1, -0.05) is 36.4 Å². The van der Waals surface area contributed by atoms with Crippen molar-refractivity contribution in [3.05, 3.63) is 112 Å². The smallest absolute Gasteiger partial charge is 0.257 e. The fraction of sp³-hybridized carbons (Fsp3) is 0.235. The van der Waals surface area contributed by atoms with Gasteiger partial charge in [0.2, 0.25) is 0 Å². The van der Waals surface area contributed by atoms with Crippen LogP contribution in [-0.2, 0) is 12.8 Å². The zero-order chi connectivity index (χ0) is 28.8. The molecule has 0 saturated carbocycles. The van der Waals surface area contributed by atoms with Crippen molar-refractivity contribution in [2.45, 2.75) is 19.3 Å². The molecule has 7 heteroatoms. The standard InChI is InChI=1S/C34H34N2O4S/c1-36(21-19-24-15-18-29(39-2)30(22-24)40-3)20-7-8-23-13-16-25(17-14-23)35-34(38)28-11-6-10-27-32(37)26-9-4-5-12-31(26)41-33(27)28/h4-6,9-18,22H,7-8,19-21H2,1-3H3,(H,35,38). The van der Waals surface area contributed by atoms with E-state index in [2.05, 4.69) is 35.5 Å². The number of hydrogen-bond donors (Lipinski definition) is 1. The van der Waals surface area contributed by atoms with Gasteiger partial charge in [-0.2, -0.15) is 0 Å². The molecule has 0 aliphatic rings. The predicted molar refractivity (Wildman–Crippen MR) is 169 cm³/mol. The lowest BCUT2D eigenvalue weighted by molar-refractivity contribution is 0.102. The first-order valence-corrected chi connectivity index (χ1v) is 14.5. The number of hydrogen-bond acceptors (Lipinski definition) is 6. The summed E-state index contributed by atoms with van der Waals surface area (Å²) in [6.45, 7) is 1.95. The first kappa shape index (κ1) is 28.3. The highest BCUT2D eigenvalue weighted by atomic mass is 32.1. The summed E-state index contributed by atoms with van der Waals surface area (Å²) in [5.74, 6) is 1.29. The van der Waals surface area contributed by atoms with Gasteiger partial charge in [0.05, 0.1) is 24.5 Å². The van der Waals surface area contributed by atoms with Gasteiger partial charge in [0.15, 0.2) is 16.9 Å². The third kappa shape index (κ3) is 6.59. The minimum Gasteiger partial charge on any atom is -0.493 e. The van der Waals surface area contributed by atoms with Crippen molar-refractivity contribution in [3.8, 4) is 11.5 Å². The van der Waals surface area contributed by atoms with Crippen LogP contribution in [0.15, 0.2) is 89.7 Å². The lowest BCUT2D eigenvalue weighted by Crippen LogP contribution is -2.22. The van der Waals surface area contributed by atoms with Crippen molar-refractivity contribution in [2.24, 2.45) is 0 Å². The number of methoxy groups -OCH3 is 2. The molecule has 0 spiro atoms. The summed E-state index contributed by atoms with van der Waals surface area (Å²) in [6.07, 6.45) is 2.94. The topological polar surface area (TPSA) is 67.9 Å². The van der Waals surface area contributed by atoms with Gasteiger partial charge in [0.25, 0.3) is 5.91 Å². The summed E-state index contributed by atoms with van der Waals surface area (Å²) >= 11 is 1.47. The van der Waals surface area contributed by atoms with Crippen molar-refractivity contribution in [3.63, 3.8) is 0 Å². The van der Waals surface area contributed by atoms with E-state index in [1.165, 1.54) is 22.5 Å². The maximum Gasteiger partial charge on any atom is 0.257 e. The van der Waals surface area contributed by atoms with Crippen LogP contribution in [0.25, 0.3) is 20.2 Å². The Hall–Kier alpha value is -4.20. The van der Waals surface area contributed by atoms with Gasteiger partial charge >= 0.3 is 0 Å². The minimum absolute atomic E-state index is 0.0417. The number of benzene rings is 4. The average Bonchev–Trinajstić information content (AvgIpc) is 3.00. The normalized spacial score (nSPS) is 11.2. The van der Waals surface area contributed by atoms with E-state index in [9.17, 15) is 9.59 Å². The second-order valence-corrected chi connectivity index (χ2v) is 11.2. The van der Waals surface area contributed by atoms with E-state index in [0.29, 0.717) is 21.0 Å². The predicted octanol–water partition coefficient (Wildman–Crippen LogP) is 6.79. The van der Waals surface area contributed by atoms with Crippen LogP contribution in [-0.4, -0.2) is 45.2 Å². The van der Waals surface area contributed by atoms with Crippen molar-refractivity contribution in [1.29, 1.82) is 0 Å². The molecule has 6 nitrogen and oxygen atoms in total. The molecule has 0 radical (unpaired) electrons. The van der Waals surface area contributed by atoms with Gasteiger partial charge < -0.3 is 19.7 Å². The molecule has 1 amide bonds. The number of carbonyl (C=O) groups is 1. The van der Waals surface area contributed by atoms with E-state index in [1.807, 2.05) is 48.5 Å². The van der Waals surface area contributed by atoms with Gasteiger partial charge in [-0.05, 0) is 92.5 Å². The molecule has 5 rings (SSSR count). The molecular formula is C34H34N2O4S. The molecule has 1 N–H and O–H groups in total. The van der Waals surface area contributed by atoms with E-state index >= 15 is 0 Å². The minimum atomic E-state index is -0.217. The number of carbonyl (C=O) groups excluding carboxylic acids is 1. The molecule has 0 saturated heterocycles. The monoisotopic (exact) mass is 566 g/mol. The Morgan fingerprint density at radius 3 is 2.32 bits per heavy atom. The van der Waals surface area contributed by atoms with Crippen molar-refractivity contribution in [1.82, 2.24) is 4.90 Å². The van der Waals surface area contributed by atoms with Gasteiger partial charge in [-0.3, -0.25) is 9.59 Å². The second kappa shape index (κ2) is 13.0. The summed E-state index contributed by atoms with van der Waals surface area (Å²) in [7, 11) is 5.45. The molecule has 0 aliphatic carbocycles. The number of nitrogens with zero attached hydrogens (tertiary/aromatic N) is 1. The summed E-state index contributed by atoms with van der Waals surface area (Å²) in [5, 5.41) is 4.26. The Labute approximate surface area is 244 Å². The third-order valence-corrected chi connectivity index (χ3v) is 8.52. The van der Waals surface area contributed by atoms with Gasteiger partial charge in [0, 0.05) is 27.7 Å². The number of rotatable bonds is 11. The highest BCUT2D eigenvalue weighted by molar-refractivity contribution is 7.24. The van der Waals surface area contributed by atoms with E-state index in [4.69, 9.17) is 9.47 Å². The fourth-order valence-corrected chi connectivity index (χ4v) is 6.16. The van der Waals surface area contributed by atoms with E-state index in [-0.39, 0.29) is 11.3 Å². The molecule has 210 valence electrons. The highest BCUT2D eigenvalue weighted by Gasteiger charge is 2.15. The Morgan fingerprint density at radius 2 is 1.54 bits per heavy atom. The van der Waals surface area contributed by atoms with Crippen molar-refractivity contribution in [2.75, 3.05) is 39.7 Å². The summed E-state index contributed by atoms with van der Waals surface area (Å²) < 4.78 is 12.3. The van der Waals surface area contributed by atoms with Gasteiger partial charge in [-0.15, -0.1) is 11.3 Å². The Morgan fingerprint density at radius 1 is 0.805 bits per heavy atom. The number of anilines is 1. The Kier molecular flexibility index (Phi) is 8.97. The number of likely N-dealkylation sites (N-methyl/N-ethyl adjacent to an activating group) is 1. The SMILES string of the molecule is COc1ccc(CCN(C)CCCc2ccc(NC(=O)c3cccc4c(=O)c5ccccc5sc34)cc2)cc1OC. The maximum atomic E-state index is 13.2. The van der Waals surface area contributed by atoms with Crippen LogP contribution >= 0.6 is 11.3 Å². The Balaban J connectivity index is 1.15. The van der Waals surface area contributed by atoms with Gasteiger partial charge in [0.1, 0.15) is 0 Å². The molecular weight excluding hydrogens is 532 g/mol. The summed E-state index contributed by atoms with van der Waals surface area (Å²) in [6, 6.07) is 27.0. The molecule has 0 atom stereocenters. The number of fused-ring (bicyclic) bond motifs is 2. The van der Waals surface area contributed by atoms with Crippen molar-refractivity contribution < 1.29 is 14.3 Å². The van der Waals surface area contributed by atoms with E-state index in [1.54, 1.807) is 32.4 Å². The summed E-state index contributed by atoms with van der Waals surface area (Å²) in [5.41, 5.74) is 3.65. The van der Waals surface area contributed by atoms with E-state index in [0.717, 1.165) is 54.2 Å². The zero-order valence-electron chi connectivity index (χ0n) is 23.6. The van der Waals surface area contributed by atoms with Crippen LogP contribution in [0.5, 0.6) is 11.5 Å². The van der Waals surface area contributed by atoms with Crippen LogP contribution < -0.4 is 20.2 Å². The van der Waals surface area contributed by atoms with Crippen LogP contribution in [0.3, 0.4) is 0 Å². The third-order valence-electron chi connectivity index (χ3n) is 7.30. The largest absolute Gasteiger partial charge is 0.493 e. The molecule has 0 bridgehead atoms. The number of amides is 1. The number of nitrogens with one attached hydrogen (secondary N) is 1.